The van der Waals surface area contributed by atoms with E-state index in [4.69, 9.17) is 0 Å². The summed E-state index contributed by atoms with van der Waals surface area (Å²) >= 11 is 0. The molecule has 0 saturated heterocycles. The maximum Gasteiger partial charge on any atom is 0.326 e. The first-order chi connectivity index (χ1) is 16.2. The molecule has 16 heteroatoms. The lowest BCUT2D eigenvalue weighted by molar-refractivity contribution is -0.158. The van der Waals surface area contributed by atoms with Crippen LogP contribution >= 0.6 is 0 Å². The van der Waals surface area contributed by atoms with E-state index < -0.39 is 99.9 Å². The minimum absolute atomic E-state index is 0.384. The summed E-state index contributed by atoms with van der Waals surface area (Å²) in [4.78, 5) is 36.2. The fourth-order valence-electron chi connectivity index (χ4n) is 2.34. The fourth-order valence-corrected chi connectivity index (χ4v) is 2.34. The average molecular weight is 522 g/mol. The lowest BCUT2D eigenvalue weighted by Gasteiger charge is -2.16. The molecule has 190 valence electrons. The molecule has 0 aromatic heterocycles. The van der Waals surface area contributed by atoms with Crippen molar-refractivity contribution in [2.45, 2.75) is 13.3 Å². The van der Waals surface area contributed by atoms with Crippen LogP contribution < -0.4 is 9.47 Å². The lowest BCUT2D eigenvalue weighted by atomic mass is 10.1. The largest absolute Gasteiger partial charge is 0.466 e. The van der Waals surface area contributed by atoms with E-state index in [-0.39, 0.29) is 6.61 Å². The van der Waals surface area contributed by atoms with Crippen molar-refractivity contribution in [1.82, 2.24) is 0 Å². The number of carbonyl (C=O) groups excluding carboxylic acids is 3. The number of esters is 3. The molecule has 2 aromatic rings. The highest BCUT2D eigenvalue weighted by Crippen LogP contribution is 2.32. The second-order valence-electron chi connectivity index (χ2n) is 6.20. The Balaban J connectivity index is 2.48. The average Bonchev–Trinajstić information content (AvgIpc) is 2.82. The smallest absolute Gasteiger partial charge is 0.326 e. The Bertz CT molecular complexity index is 1070. The molecule has 0 fully saturated rings. The molecule has 6 nitrogen and oxygen atoms in total. The molecule has 0 amide bonds. The van der Waals surface area contributed by atoms with Gasteiger partial charge in [0.25, 0.3) is 0 Å². The monoisotopic (exact) mass is 522 g/mol. The highest BCUT2D eigenvalue weighted by Gasteiger charge is 2.38. The van der Waals surface area contributed by atoms with Crippen LogP contribution in [0.3, 0.4) is 0 Å². The molecule has 35 heavy (non-hydrogen) atoms. The Labute approximate surface area is 187 Å². The van der Waals surface area contributed by atoms with Gasteiger partial charge in [-0.2, -0.15) is 17.6 Å². The number of carbonyl (C=O) groups is 3. The van der Waals surface area contributed by atoms with Crippen molar-refractivity contribution in [1.29, 1.82) is 0 Å². The summed E-state index contributed by atoms with van der Waals surface area (Å²) in [6.45, 7) is 0.845. The van der Waals surface area contributed by atoms with Crippen molar-refractivity contribution in [2.24, 2.45) is 5.92 Å². The summed E-state index contributed by atoms with van der Waals surface area (Å²) in [6, 6.07) is 0. The zero-order chi connectivity index (χ0) is 26.8. The quantitative estimate of drug-likeness (QED) is 0.136. The topological polar surface area (TPSA) is 78.9 Å². The number of hydrogen-bond donors (Lipinski definition) is 0. The molecule has 0 heterocycles. The Morgan fingerprint density at radius 2 is 0.857 bits per heavy atom. The van der Waals surface area contributed by atoms with Gasteiger partial charge in [0, 0.05) is 0 Å². The highest BCUT2D eigenvalue weighted by molar-refractivity contribution is 5.99. The molecule has 0 atom stereocenters. The van der Waals surface area contributed by atoms with E-state index in [2.05, 4.69) is 14.2 Å². The molecule has 2 aromatic carbocycles. The standard InChI is InChI=1S/C19H8F10O6/c1-2-33-5(30)3-4(18(31)34-16-12(26)8(22)6(20)9(23)13(16)27)19(32)35-17-14(28)10(24)7(21)11(25)15(17)29/h4H,2-3H2,1H3. The summed E-state index contributed by atoms with van der Waals surface area (Å²) in [6.07, 6.45) is -1.48. The molecule has 0 saturated carbocycles. The third kappa shape index (κ3) is 5.30. The predicted molar refractivity (Wildman–Crippen MR) is 88.5 cm³/mol. The lowest BCUT2D eigenvalue weighted by Crippen LogP contribution is -2.35. The summed E-state index contributed by atoms with van der Waals surface area (Å²) in [5.74, 6) is -39.6. The first-order valence-electron chi connectivity index (χ1n) is 8.86. The number of ether oxygens (including phenoxy) is 3. The molecule has 0 aliphatic carbocycles. The van der Waals surface area contributed by atoms with Crippen LogP contribution in [0.1, 0.15) is 13.3 Å². The first-order valence-corrected chi connectivity index (χ1v) is 8.86. The van der Waals surface area contributed by atoms with Crippen LogP contribution in [-0.2, 0) is 19.1 Å². The Morgan fingerprint density at radius 1 is 0.571 bits per heavy atom. The van der Waals surface area contributed by atoms with Gasteiger partial charge in [-0.05, 0) is 6.92 Å². The molecule has 2 rings (SSSR count). The van der Waals surface area contributed by atoms with Crippen LogP contribution in [0.4, 0.5) is 43.9 Å². The van der Waals surface area contributed by atoms with Gasteiger partial charge in [0.05, 0.1) is 13.0 Å². The molecule has 0 N–H and O–H groups in total. The van der Waals surface area contributed by atoms with Gasteiger partial charge >= 0.3 is 17.9 Å². The van der Waals surface area contributed by atoms with Gasteiger partial charge in [0.2, 0.25) is 69.7 Å². The number of hydrogen-bond acceptors (Lipinski definition) is 6. The van der Waals surface area contributed by atoms with E-state index >= 15 is 0 Å². The minimum Gasteiger partial charge on any atom is -0.466 e. The Kier molecular flexibility index (Phi) is 8.30. The maximum absolute atomic E-state index is 13.8. The van der Waals surface area contributed by atoms with Crippen molar-refractivity contribution in [3.05, 3.63) is 58.2 Å². The molecule has 0 radical (unpaired) electrons. The van der Waals surface area contributed by atoms with E-state index in [1.807, 2.05) is 0 Å². The molecule has 0 spiro atoms. The van der Waals surface area contributed by atoms with Gasteiger partial charge < -0.3 is 14.2 Å². The molecule has 0 aliphatic heterocycles. The summed E-state index contributed by atoms with van der Waals surface area (Å²) in [7, 11) is 0. The normalized spacial score (nSPS) is 11.0. The van der Waals surface area contributed by atoms with Crippen molar-refractivity contribution in [3.63, 3.8) is 0 Å². The van der Waals surface area contributed by atoms with E-state index in [1.54, 1.807) is 0 Å². The van der Waals surface area contributed by atoms with Crippen LogP contribution in [-0.4, -0.2) is 24.5 Å². The SMILES string of the molecule is CCOC(=O)CC(C(=O)Oc1c(F)c(F)c(F)c(F)c1F)C(=O)Oc1c(F)c(F)c(F)c(F)c1F. The second kappa shape index (κ2) is 10.6. The van der Waals surface area contributed by atoms with E-state index in [1.165, 1.54) is 6.92 Å². The molecule has 0 unspecified atom stereocenters. The van der Waals surface area contributed by atoms with Crippen molar-refractivity contribution in [3.8, 4) is 11.5 Å². The maximum atomic E-state index is 13.8. The first kappa shape index (κ1) is 27.4. The Morgan fingerprint density at radius 3 is 1.14 bits per heavy atom. The fraction of sp³-hybridized carbons (Fsp3) is 0.211. The van der Waals surface area contributed by atoms with Gasteiger partial charge in [0.15, 0.2) is 5.92 Å². The summed E-state index contributed by atoms with van der Waals surface area (Å²) in [5, 5.41) is 0. The zero-order valence-electron chi connectivity index (χ0n) is 16.7. The molecular formula is C19H8F10O6. The number of rotatable bonds is 7. The second-order valence-corrected chi connectivity index (χ2v) is 6.20. The molecular weight excluding hydrogens is 514 g/mol. The number of benzene rings is 2. The van der Waals surface area contributed by atoms with E-state index in [9.17, 15) is 58.3 Å². The summed E-state index contributed by atoms with van der Waals surface area (Å²) < 4.78 is 147. The van der Waals surface area contributed by atoms with Crippen molar-refractivity contribution < 1.29 is 72.5 Å². The van der Waals surface area contributed by atoms with E-state index in [0.29, 0.717) is 0 Å². The third-order valence-corrected chi connectivity index (χ3v) is 3.99. The predicted octanol–water partition coefficient (Wildman–Crippen LogP) is 4.16. The van der Waals surface area contributed by atoms with Crippen molar-refractivity contribution >= 4 is 17.9 Å². The van der Waals surface area contributed by atoms with Gasteiger partial charge in [0.1, 0.15) is 0 Å². The third-order valence-electron chi connectivity index (χ3n) is 3.99. The van der Waals surface area contributed by atoms with Crippen LogP contribution in [0.25, 0.3) is 0 Å². The highest BCUT2D eigenvalue weighted by atomic mass is 19.2. The summed E-state index contributed by atoms with van der Waals surface area (Å²) in [5.41, 5.74) is 0. The molecule has 0 bridgehead atoms. The van der Waals surface area contributed by atoms with Crippen LogP contribution in [0.5, 0.6) is 11.5 Å². The minimum atomic E-state index is -2.81. The van der Waals surface area contributed by atoms with Gasteiger partial charge in [-0.3, -0.25) is 14.4 Å². The van der Waals surface area contributed by atoms with Gasteiger partial charge in [-0.1, -0.05) is 0 Å². The van der Waals surface area contributed by atoms with E-state index in [0.717, 1.165) is 0 Å². The van der Waals surface area contributed by atoms with Gasteiger partial charge in [-0.25, -0.2) is 26.3 Å². The van der Waals surface area contributed by atoms with Gasteiger partial charge in [-0.15, -0.1) is 0 Å². The Hall–Kier alpha value is -3.85. The zero-order valence-corrected chi connectivity index (χ0v) is 16.7. The van der Waals surface area contributed by atoms with Crippen LogP contribution in [0.15, 0.2) is 0 Å². The van der Waals surface area contributed by atoms with Crippen LogP contribution in [0.2, 0.25) is 0 Å². The van der Waals surface area contributed by atoms with Crippen molar-refractivity contribution in [2.75, 3.05) is 6.61 Å². The molecule has 0 aliphatic rings. The number of halogens is 10. The van der Waals surface area contributed by atoms with Crippen LogP contribution in [0, 0.1) is 64.1 Å².